The van der Waals surface area contributed by atoms with Crippen LogP contribution in [0.2, 0.25) is 0 Å². The van der Waals surface area contributed by atoms with Crippen LogP contribution < -0.4 is 20.1 Å². The third-order valence-corrected chi connectivity index (χ3v) is 4.93. The number of hydrogen-bond acceptors (Lipinski definition) is 5. The van der Waals surface area contributed by atoms with E-state index >= 15 is 0 Å². The summed E-state index contributed by atoms with van der Waals surface area (Å²) in [7, 11) is 0. The Bertz CT molecular complexity index is 1000. The van der Waals surface area contributed by atoms with Gasteiger partial charge in [0.15, 0.2) is 11.5 Å². The standard InChI is InChI=1S/C22H25N5O3/c1-15(2)20(16-5-6-18-19(12-16)30-11-10-29-18)26-22(28)25-13-17-4-3-7-24-21(17)27-9-8-23-14-27/h3-9,12,14-15,20H,10-11,13H2,1-2H3,(H2,25,26,28). The minimum absolute atomic E-state index is 0.164. The lowest BCUT2D eigenvalue weighted by molar-refractivity contribution is 0.171. The number of hydrogen-bond donors (Lipinski definition) is 2. The van der Waals surface area contributed by atoms with Crippen LogP contribution >= 0.6 is 0 Å². The molecule has 0 bridgehead atoms. The Balaban J connectivity index is 1.44. The van der Waals surface area contributed by atoms with E-state index in [2.05, 4.69) is 34.4 Å². The zero-order valence-corrected chi connectivity index (χ0v) is 17.0. The quantitative estimate of drug-likeness (QED) is 0.655. The third kappa shape index (κ3) is 4.37. The highest BCUT2D eigenvalue weighted by molar-refractivity contribution is 5.74. The summed E-state index contributed by atoms with van der Waals surface area (Å²) in [5.74, 6) is 2.38. The lowest BCUT2D eigenvalue weighted by Gasteiger charge is -2.25. The number of urea groups is 1. The highest BCUT2D eigenvalue weighted by Crippen LogP contribution is 2.34. The summed E-state index contributed by atoms with van der Waals surface area (Å²) >= 11 is 0. The van der Waals surface area contributed by atoms with Crippen LogP contribution in [0.25, 0.3) is 5.82 Å². The van der Waals surface area contributed by atoms with Crippen molar-refractivity contribution in [3.05, 3.63) is 66.4 Å². The molecule has 0 spiro atoms. The van der Waals surface area contributed by atoms with E-state index in [1.807, 2.05) is 41.1 Å². The molecule has 1 aliphatic heterocycles. The zero-order valence-electron chi connectivity index (χ0n) is 17.0. The molecule has 2 aromatic heterocycles. The van der Waals surface area contributed by atoms with Gasteiger partial charge in [0.25, 0.3) is 0 Å². The molecule has 1 aromatic carbocycles. The fourth-order valence-electron chi connectivity index (χ4n) is 3.44. The number of fused-ring (bicyclic) bond motifs is 1. The van der Waals surface area contributed by atoms with Gasteiger partial charge in [0.2, 0.25) is 0 Å². The van der Waals surface area contributed by atoms with Gasteiger partial charge < -0.3 is 20.1 Å². The number of benzene rings is 1. The van der Waals surface area contributed by atoms with Crippen LogP contribution in [0.1, 0.15) is 31.0 Å². The van der Waals surface area contributed by atoms with Crippen molar-refractivity contribution in [1.29, 1.82) is 0 Å². The predicted molar refractivity (Wildman–Crippen MR) is 112 cm³/mol. The molecule has 1 aliphatic rings. The van der Waals surface area contributed by atoms with Crippen molar-refractivity contribution < 1.29 is 14.3 Å². The maximum Gasteiger partial charge on any atom is 0.315 e. The van der Waals surface area contributed by atoms with E-state index in [-0.39, 0.29) is 18.0 Å². The fraction of sp³-hybridized carbons (Fsp3) is 0.318. The van der Waals surface area contributed by atoms with Crippen LogP contribution in [-0.4, -0.2) is 33.8 Å². The second-order valence-corrected chi connectivity index (χ2v) is 7.41. The van der Waals surface area contributed by atoms with Gasteiger partial charge in [0.1, 0.15) is 25.4 Å². The summed E-state index contributed by atoms with van der Waals surface area (Å²) < 4.78 is 13.1. The molecule has 2 amide bonds. The van der Waals surface area contributed by atoms with Gasteiger partial charge in [0.05, 0.1) is 6.04 Å². The first kappa shape index (κ1) is 19.8. The highest BCUT2D eigenvalue weighted by Gasteiger charge is 2.21. The number of carbonyl (C=O) groups excluding carboxylic acids is 1. The van der Waals surface area contributed by atoms with Crippen LogP contribution in [-0.2, 0) is 6.54 Å². The Morgan fingerprint density at radius 1 is 1.17 bits per heavy atom. The van der Waals surface area contributed by atoms with Crippen molar-refractivity contribution in [2.45, 2.75) is 26.4 Å². The number of aromatic nitrogens is 3. The second kappa shape index (κ2) is 8.86. The summed E-state index contributed by atoms with van der Waals surface area (Å²) in [6.07, 6.45) is 6.92. The zero-order chi connectivity index (χ0) is 20.9. The van der Waals surface area contributed by atoms with Crippen molar-refractivity contribution in [1.82, 2.24) is 25.2 Å². The highest BCUT2D eigenvalue weighted by atomic mass is 16.6. The van der Waals surface area contributed by atoms with Crippen molar-refractivity contribution in [2.24, 2.45) is 5.92 Å². The van der Waals surface area contributed by atoms with Crippen molar-refractivity contribution in [3.8, 4) is 17.3 Å². The number of carbonyl (C=O) groups is 1. The Morgan fingerprint density at radius 3 is 2.77 bits per heavy atom. The molecule has 156 valence electrons. The van der Waals surface area contributed by atoms with Gasteiger partial charge in [-0.3, -0.25) is 4.57 Å². The van der Waals surface area contributed by atoms with Crippen LogP contribution in [0.15, 0.2) is 55.2 Å². The van der Waals surface area contributed by atoms with Crippen LogP contribution in [0.5, 0.6) is 11.5 Å². The summed E-state index contributed by atoms with van der Waals surface area (Å²) in [4.78, 5) is 21.1. The predicted octanol–water partition coefficient (Wildman–Crippen LogP) is 3.24. The number of ether oxygens (including phenoxy) is 2. The van der Waals surface area contributed by atoms with Gasteiger partial charge in [-0.15, -0.1) is 0 Å². The Morgan fingerprint density at radius 2 is 2.00 bits per heavy atom. The van der Waals surface area contributed by atoms with Crippen LogP contribution in [0.4, 0.5) is 4.79 Å². The molecule has 3 aromatic rings. The first-order valence-electron chi connectivity index (χ1n) is 9.98. The molecule has 1 unspecified atom stereocenters. The molecule has 3 heterocycles. The molecule has 4 rings (SSSR count). The number of imidazole rings is 1. The molecule has 30 heavy (non-hydrogen) atoms. The normalized spacial score (nSPS) is 13.7. The number of amides is 2. The molecule has 1 atom stereocenters. The third-order valence-electron chi connectivity index (χ3n) is 4.93. The summed E-state index contributed by atoms with van der Waals surface area (Å²) in [5, 5.41) is 6.02. The van der Waals surface area contributed by atoms with Crippen LogP contribution in [0.3, 0.4) is 0 Å². The summed E-state index contributed by atoms with van der Waals surface area (Å²) in [6.45, 7) is 5.57. The van der Waals surface area contributed by atoms with E-state index in [4.69, 9.17) is 9.47 Å². The van der Waals surface area contributed by atoms with Crippen molar-refractivity contribution in [2.75, 3.05) is 13.2 Å². The van der Waals surface area contributed by atoms with E-state index in [9.17, 15) is 4.79 Å². The molecular weight excluding hydrogens is 382 g/mol. The average Bonchev–Trinajstić information content (AvgIpc) is 3.30. The number of rotatable bonds is 6. The van der Waals surface area contributed by atoms with Gasteiger partial charge in [-0.2, -0.15) is 0 Å². The second-order valence-electron chi connectivity index (χ2n) is 7.41. The number of nitrogens with one attached hydrogen (secondary N) is 2. The number of pyridine rings is 1. The lowest BCUT2D eigenvalue weighted by Crippen LogP contribution is -2.39. The summed E-state index contributed by atoms with van der Waals surface area (Å²) in [5.41, 5.74) is 1.87. The molecular formula is C22H25N5O3. The Labute approximate surface area is 175 Å². The summed E-state index contributed by atoms with van der Waals surface area (Å²) in [6, 6.07) is 9.18. The van der Waals surface area contributed by atoms with Crippen LogP contribution in [0, 0.1) is 5.92 Å². The largest absolute Gasteiger partial charge is 0.486 e. The Kier molecular flexibility index (Phi) is 5.83. The molecule has 8 nitrogen and oxygen atoms in total. The molecule has 2 N–H and O–H groups in total. The molecule has 0 fully saturated rings. The molecule has 8 heteroatoms. The van der Waals surface area contributed by atoms with Gasteiger partial charge >= 0.3 is 6.03 Å². The topological polar surface area (TPSA) is 90.3 Å². The number of nitrogens with zero attached hydrogens (tertiary/aromatic N) is 3. The van der Waals surface area contributed by atoms with E-state index < -0.39 is 0 Å². The molecule has 0 saturated carbocycles. The maximum absolute atomic E-state index is 12.7. The van der Waals surface area contributed by atoms with Gasteiger partial charge in [-0.05, 0) is 29.7 Å². The Hall–Kier alpha value is -3.55. The van der Waals surface area contributed by atoms with E-state index in [1.54, 1.807) is 18.7 Å². The average molecular weight is 407 g/mol. The fourth-order valence-corrected chi connectivity index (χ4v) is 3.44. The SMILES string of the molecule is CC(C)C(NC(=O)NCc1cccnc1-n1ccnc1)c1ccc2c(c1)OCCO2. The van der Waals surface area contributed by atoms with E-state index in [0.29, 0.717) is 25.5 Å². The van der Waals surface area contributed by atoms with E-state index in [0.717, 1.165) is 22.7 Å². The molecule has 0 aliphatic carbocycles. The molecule has 0 radical (unpaired) electrons. The minimum atomic E-state index is -0.246. The van der Waals surface area contributed by atoms with Gasteiger partial charge in [-0.25, -0.2) is 14.8 Å². The van der Waals surface area contributed by atoms with Gasteiger partial charge in [-0.1, -0.05) is 26.0 Å². The smallest absolute Gasteiger partial charge is 0.315 e. The first-order chi connectivity index (χ1) is 14.6. The molecule has 0 saturated heterocycles. The van der Waals surface area contributed by atoms with Gasteiger partial charge in [0, 0.05) is 30.7 Å². The van der Waals surface area contributed by atoms with Crippen molar-refractivity contribution >= 4 is 6.03 Å². The van der Waals surface area contributed by atoms with Crippen molar-refractivity contribution in [3.63, 3.8) is 0 Å². The maximum atomic E-state index is 12.7. The van der Waals surface area contributed by atoms with E-state index in [1.165, 1.54) is 0 Å². The first-order valence-corrected chi connectivity index (χ1v) is 9.98. The lowest BCUT2D eigenvalue weighted by atomic mass is 9.95. The minimum Gasteiger partial charge on any atom is -0.486 e. The monoisotopic (exact) mass is 407 g/mol.